The molecule has 1 saturated heterocycles. The van der Waals surface area contributed by atoms with Gasteiger partial charge in [-0.05, 0) is 73.4 Å². The molecule has 2 aliphatic heterocycles. The first kappa shape index (κ1) is 28.4. The van der Waals surface area contributed by atoms with Crippen LogP contribution in [0.3, 0.4) is 0 Å². The first-order valence-corrected chi connectivity index (χ1v) is 15.4. The Balaban J connectivity index is 1.29. The molecule has 4 heterocycles. The molecule has 8 nitrogen and oxygen atoms in total. The number of piperidine rings is 1. The van der Waals surface area contributed by atoms with Gasteiger partial charge in [0.2, 0.25) is 0 Å². The summed E-state index contributed by atoms with van der Waals surface area (Å²) in [7, 11) is 0. The molecule has 44 heavy (non-hydrogen) atoms. The number of carbonyl (C=O) groups is 1. The number of anilines is 1. The Bertz CT molecular complexity index is 1800. The average Bonchev–Trinajstić information content (AvgIpc) is 3.79. The van der Waals surface area contributed by atoms with Crippen molar-refractivity contribution in [3.05, 3.63) is 71.1 Å². The molecule has 0 unspecified atom stereocenters. The van der Waals surface area contributed by atoms with Crippen molar-refractivity contribution >= 4 is 22.6 Å². The van der Waals surface area contributed by atoms with Crippen LogP contribution in [0.25, 0.3) is 22.2 Å². The number of ether oxygens (including phenoxy) is 1. The van der Waals surface area contributed by atoms with Crippen LogP contribution in [-0.2, 0) is 17.8 Å². The summed E-state index contributed by atoms with van der Waals surface area (Å²) in [5, 5.41) is 16.1. The normalized spacial score (nSPS) is 17.6. The van der Waals surface area contributed by atoms with E-state index in [-0.39, 0.29) is 25.1 Å². The number of amides is 1. The number of nitriles is 1. The Labute approximate surface area is 254 Å². The number of hydrogen-bond donors (Lipinski definition) is 0. The highest BCUT2D eigenvalue weighted by Crippen LogP contribution is 2.41. The summed E-state index contributed by atoms with van der Waals surface area (Å²) in [6, 6.07) is 12.6. The van der Waals surface area contributed by atoms with E-state index in [1.54, 1.807) is 6.07 Å². The van der Waals surface area contributed by atoms with Gasteiger partial charge in [-0.15, -0.1) is 0 Å². The first-order chi connectivity index (χ1) is 21.3. The van der Waals surface area contributed by atoms with Gasteiger partial charge in [0, 0.05) is 30.1 Å². The number of benzene rings is 2. The van der Waals surface area contributed by atoms with Crippen molar-refractivity contribution in [2.45, 2.75) is 64.6 Å². The number of likely N-dealkylation sites (tertiary alicyclic amines) is 1. The number of hydrogen-bond acceptors (Lipinski definition) is 6. The molecule has 2 aromatic heterocycles. The van der Waals surface area contributed by atoms with E-state index in [9.17, 15) is 18.8 Å². The fourth-order valence-corrected chi connectivity index (χ4v) is 6.62. The van der Waals surface area contributed by atoms with E-state index >= 15 is 0 Å². The van der Waals surface area contributed by atoms with Crippen molar-refractivity contribution in [3.63, 3.8) is 0 Å². The molecular weight excluding hydrogens is 562 g/mol. The van der Waals surface area contributed by atoms with Gasteiger partial charge in [-0.1, -0.05) is 26.0 Å². The summed E-state index contributed by atoms with van der Waals surface area (Å²) in [6.07, 6.45) is 7.10. The summed E-state index contributed by atoms with van der Waals surface area (Å²) in [6.45, 7) is 6.22. The number of rotatable bonds is 7. The number of pyridine rings is 1. The van der Waals surface area contributed by atoms with Gasteiger partial charge in [-0.3, -0.25) is 4.79 Å². The Hall–Kier alpha value is -4.36. The second-order valence-corrected chi connectivity index (χ2v) is 12.5. The molecule has 0 N–H and O–H groups in total. The molecule has 3 aliphatic rings. The number of fused-ring (bicyclic) bond motifs is 2. The lowest BCUT2D eigenvalue weighted by Gasteiger charge is -2.32. The van der Waals surface area contributed by atoms with Crippen molar-refractivity contribution in [3.8, 4) is 22.9 Å². The van der Waals surface area contributed by atoms with Gasteiger partial charge < -0.3 is 14.5 Å². The van der Waals surface area contributed by atoms with Gasteiger partial charge in [0.25, 0.3) is 5.91 Å². The fourth-order valence-electron chi connectivity index (χ4n) is 6.62. The third kappa shape index (κ3) is 5.19. The van der Waals surface area contributed by atoms with E-state index in [0.29, 0.717) is 34.9 Å². The highest BCUT2D eigenvalue weighted by atomic mass is 19.2. The van der Waals surface area contributed by atoms with Crippen LogP contribution in [0.5, 0.6) is 5.75 Å². The van der Waals surface area contributed by atoms with Crippen LogP contribution >= 0.6 is 0 Å². The van der Waals surface area contributed by atoms with Crippen LogP contribution in [0.15, 0.2) is 42.6 Å². The second kappa shape index (κ2) is 11.3. The predicted molar refractivity (Wildman–Crippen MR) is 162 cm³/mol. The first-order valence-electron chi connectivity index (χ1n) is 15.4. The largest absolute Gasteiger partial charge is 0.482 e. The standard InChI is InChI=1S/C34H34F2N6O2/c1-20(2)13-29-25(16-37)33(26-17-38-42(34(26)39-29)24-9-11-40(12-10-24)23-5-6-23)22-4-8-30-31(15-22)44-19-32(43)41(30)18-21-3-7-27(35)28(36)14-21/h3-4,7-8,14-15,17,20,23-24H,5-6,9-13,18-19H2,1-2H3. The van der Waals surface area contributed by atoms with Crippen molar-refractivity contribution < 1.29 is 18.3 Å². The fraction of sp³-hybridized carbons (Fsp3) is 0.412. The zero-order valence-electron chi connectivity index (χ0n) is 24.9. The summed E-state index contributed by atoms with van der Waals surface area (Å²) >= 11 is 0. The minimum Gasteiger partial charge on any atom is -0.482 e. The Morgan fingerprint density at radius 1 is 1.05 bits per heavy atom. The molecule has 1 aliphatic carbocycles. The maximum Gasteiger partial charge on any atom is 0.265 e. The molecule has 0 spiro atoms. The number of aromatic nitrogens is 3. The molecule has 1 amide bonds. The summed E-state index contributed by atoms with van der Waals surface area (Å²) < 4.78 is 35.4. The summed E-state index contributed by atoms with van der Waals surface area (Å²) in [5.41, 5.74) is 4.56. The van der Waals surface area contributed by atoms with Gasteiger partial charge in [-0.25, -0.2) is 18.4 Å². The van der Waals surface area contributed by atoms with Crippen LogP contribution in [0.4, 0.5) is 14.5 Å². The molecule has 0 atom stereocenters. The molecule has 10 heteroatoms. The molecule has 1 saturated carbocycles. The van der Waals surface area contributed by atoms with Crippen molar-refractivity contribution in [2.75, 3.05) is 24.6 Å². The molecule has 4 aromatic rings. The minimum atomic E-state index is -0.962. The highest BCUT2D eigenvalue weighted by molar-refractivity contribution is 6.00. The van der Waals surface area contributed by atoms with Crippen LogP contribution < -0.4 is 9.64 Å². The molecule has 0 bridgehead atoms. The summed E-state index contributed by atoms with van der Waals surface area (Å²) in [5.74, 6) is -1.42. The van der Waals surface area contributed by atoms with Crippen LogP contribution in [0, 0.1) is 28.9 Å². The molecule has 226 valence electrons. The highest BCUT2D eigenvalue weighted by Gasteiger charge is 2.34. The Kier molecular flexibility index (Phi) is 7.29. The maximum absolute atomic E-state index is 13.9. The molecule has 2 fully saturated rings. The maximum atomic E-state index is 13.9. The lowest BCUT2D eigenvalue weighted by Crippen LogP contribution is -2.38. The van der Waals surface area contributed by atoms with E-state index in [0.717, 1.165) is 72.0 Å². The third-order valence-corrected chi connectivity index (χ3v) is 8.96. The smallest absolute Gasteiger partial charge is 0.265 e. The molecule has 0 radical (unpaired) electrons. The third-order valence-electron chi connectivity index (χ3n) is 8.96. The number of halogens is 2. The van der Waals surface area contributed by atoms with Crippen molar-refractivity contribution in [1.82, 2.24) is 19.7 Å². The quantitative estimate of drug-likeness (QED) is 0.254. The van der Waals surface area contributed by atoms with Gasteiger partial charge in [0.05, 0.1) is 35.7 Å². The summed E-state index contributed by atoms with van der Waals surface area (Å²) in [4.78, 5) is 22.0. The minimum absolute atomic E-state index is 0.0690. The Morgan fingerprint density at radius 3 is 2.55 bits per heavy atom. The zero-order valence-corrected chi connectivity index (χ0v) is 24.9. The SMILES string of the molecule is CC(C)Cc1nc2c(cnn2C2CCN(C3CC3)CC2)c(-c2ccc3c(c2)OCC(=O)N3Cc2ccc(F)c(F)c2)c1C#N. The van der Waals surface area contributed by atoms with Crippen LogP contribution in [0.1, 0.15) is 62.4 Å². The predicted octanol–water partition coefficient (Wildman–Crippen LogP) is 6.17. The van der Waals surface area contributed by atoms with Gasteiger partial charge in [0.1, 0.15) is 11.8 Å². The van der Waals surface area contributed by atoms with Crippen molar-refractivity contribution in [2.24, 2.45) is 5.92 Å². The topological polar surface area (TPSA) is 87.3 Å². The Morgan fingerprint density at radius 2 is 1.84 bits per heavy atom. The van der Waals surface area contributed by atoms with Gasteiger partial charge in [-0.2, -0.15) is 10.4 Å². The van der Waals surface area contributed by atoms with Gasteiger partial charge in [0.15, 0.2) is 23.9 Å². The zero-order chi connectivity index (χ0) is 30.5. The lowest BCUT2D eigenvalue weighted by molar-refractivity contribution is -0.121. The monoisotopic (exact) mass is 596 g/mol. The second-order valence-electron chi connectivity index (χ2n) is 12.5. The number of nitrogens with zero attached hydrogens (tertiary/aromatic N) is 6. The molecule has 2 aromatic carbocycles. The average molecular weight is 597 g/mol. The van der Waals surface area contributed by atoms with Crippen LogP contribution in [-0.4, -0.2) is 51.3 Å². The van der Waals surface area contributed by atoms with E-state index in [1.165, 1.54) is 23.8 Å². The van der Waals surface area contributed by atoms with E-state index < -0.39 is 11.6 Å². The van der Waals surface area contributed by atoms with E-state index in [2.05, 4.69) is 29.5 Å². The van der Waals surface area contributed by atoms with E-state index in [1.807, 2.05) is 18.3 Å². The lowest BCUT2D eigenvalue weighted by atomic mass is 9.93. The van der Waals surface area contributed by atoms with E-state index in [4.69, 9.17) is 14.8 Å². The number of carbonyl (C=O) groups excluding carboxylic acids is 1. The molecular formula is C34H34F2N6O2. The van der Waals surface area contributed by atoms with Crippen LogP contribution in [0.2, 0.25) is 0 Å². The van der Waals surface area contributed by atoms with Gasteiger partial charge >= 0.3 is 0 Å². The molecule has 7 rings (SSSR count). The van der Waals surface area contributed by atoms with Crippen molar-refractivity contribution in [1.29, 1.82) is 5.26 Å².